The topological polar surface area (TPSA) is 88.5 Å². The molecule has 3 aromatic rings. The van der Waals surface area contributed by atoms with Gasteiger partial charge in [0.1, 0.15) is 6.04 Å². The van der Waals surface area contributed by atoms with Gasteiger partial charge in [0.25, 0.3) is 5.91 Å². The Labute approximate surface area is 227 Å². The van der Waals surface area contributed by atoms with Crippen molar-refractivity contribution < 1.29 is 19.4 Å². The van der Waals surface area contributed by atoms with E-state index < -0.39 is 17.9 Å². The number of ether oxygens (including phenoxy) is 1. The van der Waals surface area contributed by atoms with Crippen LogP contribution in [0.3, 0.4) is 0 Å². The Morgan fingerprint density at radius 1 is 1.03 bits per heavy atom. The van der Waals surface area contributed by atoms with E-state index in [0.717, 1.165) is 36.1 Å². The second kappa shape index (κ2) is 12.5. The number of amides is 1. The number of rotatable bonds is 10. The molecule has 1 heterocycles. The van der Waals surface area contributed by atoms with Crippen LogP contribution in [-0.4, -0.2) is 34.6 Å². The van der Waals surface area contributed by atoms with Crippen molar-refractivity contribution in [3.05, 3.63) is 98.3 Å². The summed E-state index contributed by atoms with van der Waals surface area (Å²) < 4.78 is 6.04. The van der Waals surface area contributed by atoms with E-state index in [2.05, 4.69) is 17.4 Å². The van der Waals surface area contributed by atoms with Gasteiger partial charge in [0.2, 0.25) is 0 Å². The van der Waals surface area contributed by atoms with Crippen LogP contribution in [0.5, 0.6) is 0 Å². The van der Waals surface area contributed by atoms with Gasteiger partial charge in [-0.2, -0.15) is 0 Å². The summed E-state index contributed by atoms with van der Waals surface area (Å²) in [4.78, 5) is 29.3. The summed E-state index contributed by atoms with van der Waals surface area (Å²) in [6, 6.07) is 15.4. The van der Waals surface area contributed by atoms with Gasteiger partial charge in [-0.25, -0.2) is 4.79 Å². The summed E-state index contributed by atoms with van der Waals surface area (Å²) in [5.41, 5.74) is 5.49. The Kier molecular flexibility index (Phi) is 9.19. The molecule has 0 fully saturated rings. The summed E-state index contributed by atoms with van der Waals surface area (Å²) in [5, 5.41) is 12.5. The average Bonchev–Trinajstić information content (AvgIpc) is 2.88. The molecule has 0 saturated carbocycles. The lowest BCUT2D eigenvalue weighted by Gasteiger charge is -2.18. The SMILES string of the molecule is CC(OCCc1ccc2c(n1)CCCC2)c1ccc(C[C@H](NC(=O)c2c(Cl)cccc2Cl)C(=O)O)cc1. The molecule has 0 aliphatic heterocycles. The van der Waals surface area contributed by atoms with Crippen LogP contribution >= 0.6 is 23.2 Å². The number of nitrogens with zero attached hydrogens (tertiary/aromatic N) is 1. The molecule has 2 atom stereocenters. The molecule has 2 N–H and O–H groups in total. The summed E-state index contributed by atoms with van der Waals surface area (Å²) in [6.45, 7) is 2.55. The summed E-state index contributed by atoms with van der Waals surface area (Å²) in [6.07, 6.45) is 5.39. The van der Waals surface area contributed by atoms with Crippen LogP contribution in [0, 0.1) is 0 Å². The molecule has 1 aliphatic carbocycles. The van der Waals surface area contributed by atoms with E-state index in [-0.39, 0.29) is 28.1 Å². The largest absolute Gasteiger partial charge is 0.480 e. The normalized spacial score (nSPS) is 14.5. The monoisotopic (exact) mass is 540 g/mol. The molecule has 8 heteroatoms. The third kappa shape index (κ3) is 7.10. The number of pyridine rings is 1. The molecule has 1 amide bonds. The fourth-order valence-corrected chi connectivity index (χ4v) is 5.08. The number of hydrogen-bond acceptors (Lipinski definition) is 4. The number of aliphatic carboxylic acids is 1. The Hall–Kier alpha value is -2.93. The van der Waals surface area contributed by atoms with Crippen LogP contribution in [-0.2, 0) is 35.2 Å². The Bertz CT molecular complexity index is 1240. The van der Waals surface area contributed by atoms with Crippen LogP contribution in [0.25, 0.3) is 0 Å². The molecule has 0 saturated heterocycles. The summed E-state index contributed by atoms with van der Waals surface area (Å²) in [7, 11) is 0. The number of aromatic nitrogens is 1. The first-order chi connectivity index (χ1) is 17.8. The van der Waals surface area contributed by atoms with Crippen molar-refractivity contribution in [3.8, 4) is 0 Å². The molecule has 37 heavy (non-hydrogen) atoms. The number of carboxylic acid groups (broad SMARTS) is 1. The van der Waals surface area contributed by atoms with E-state index in [1.54, 1.807) is 6.07 Å². The maximum absolute atomic E-state index is 12.6. The van der Waals surface area contributed by atoms with E-state index in [4.69, 9.17) is 32.9 Å². The number of benzene rings is 2. The number of fused-ring (bicyclic) bond motifs is 1. The van der Waals surface area contributed by atoms with E-state index in [1.165, 1.54) is 36.2 Å². The average molecular weight is 541 g/mol. The molecular weight excluding hydrogens is 511 g/mol. The molecule has 0 spiro atoms. The summed E-state index contributed by atoms with van der Waals surface area (Å²) >= 11 is 12.2. The first kappa shape index (κ1) is 27.1. The van der Waals surface area contributed by atoms with Gasteiger partial charge in [-0.3, -0.25) is 9.78 Å². The van der Waals surface area contributed by atoms with E-state index in [9.17, 15) is 14.7 Å². The highest BCUT2D eigenvalue weighted by atomic mass is 35.5. The second-order valence-electron chi connectivity index (χ2n) is 9.29. The van der Waals surface area contributed by atoms with E-state index >= 15 is 0 Å². The van der Waals surface area contributed by atoms with Crippen molar-refractivity contribution in [2.45, 2.75) is 57.6 Å². The van der Waals surface area contributed by atoms with Gasteiger partial charge in [-0.15, -0.1) is 0 Å². The van der Waals surface area contributed by atoms with Crippen LogP contribution in [0.4, 0.5) is 0 Å². The van der Waals surface area contributed by atoms with Crippen LogP contribution in [0.1, 0.15) is 64.3 Å². The zero-order chi connectivity index (χ0) is 26.4. The highest BCUT2D eigenvalue weighted by molar-refractivity contribution is 6.39. The fraction of sp³-hybridized carbons (Fsp3) is 0.345. The quantitative estimate of drug-likeness (QED) is 0.328. The number of nitrogens with one attached hydrogen (secondary N) is 1. The third-order valence-electron chi connectivity index (χ3n) is 6.64. The van der Waals surface area contributed by atoms with Gasteiger partial charge >= 0.3 is 5.97 Å². The predicted molar refractivity (Wildman–Crippen MR) is 144 cm³/mol. The standard InChI is InChI=1S/C29H30Cl2N2O4/c1-18(37-16-15-22-14-13-21-5-2-3-8-25(21)32-22)20-11-9-19(10-12-20)17-26(29(35)36)33-28(34)27-23(30)6-4-7-24(27)31/h4,6-7,9-14,18,26H,2-3,5,8,15-17H2,1H3,(H,33,34)(H,35,36)/t18?,26-/m0/s1. The summed E-state index contributed by atoms with van der Waals surface area (Å²) in [5.74, 6) is -1.77. The molecule has 4 rings (SSSR count). The number of carbonyl (C=O) groups is 2. The fourth-order valence-electron chi connectivity index (χ4n) is 4.51. The molecule has 194 valence electrons. The van der Waals surface area contributed by atoms with Crippen molar-refractivity contribution in [1.82, 2.24) is 10.3 Å². The molecule has 0 bridgehead atoms. The van der Waals surface area contributed by atoms with Crippen molar-refractivity contribution in [2.75, 3.05) is 6.61 Å². The number of hydrogen-bond donors (Lipinski definition) is 2. The molecule has 2 aromatic carbocycles. The Morgan fingerprint density at radius 3 is 2.43 bits per heavy atom. The minimum atomic E-state index is -1.15. The van der Waals surface area contributed by atoms with Gasteiger partial charge < -0.3 is 15.2 Å². The van der Waals surface area contributed by atoms with E-state index in [0.29, 0.717) is 6.61 Å². The van der Waals surface area contributed by atoms with Crippen LogP contribution in [0.15, 0.2) is 54.6 Å². The molecule has 0 radical (unpaired) electrons. The molecule has 1 aromatic heterocycles. The number of halogens is 2. The van der Waals surface area contributed by atoms with Gasteiger partial charge in [0.05, 0.1) is 28.3 Å². The predicted octanol–water partition coefficient (Wildman–Crippen LogP) is 6.01. The van der Waals surface area contributed by atoms with Gasteiger partial charge in [-0.1, -0.05) is 59.6 Å². The number of carboxylic acids is 1. The molecule has 6 nitrogen and oxygen atoms in total. The Morgan fingerprint density at radius 2 is 1.73 bits per heavy atom. The minimum absolute atomic E-state index is 0.0593. The molecule has 1 aliphatic rings. The lowest BCUT2D eigenvalue weighted by Crippen LogP contribution is -2.42. The van der Waals surface area contributed by atoms with Gasteiger partial charge in [-0.05, 0) is 67.5 Å². The maximum atomic E-state index is 12.6. The van der Waals surface area contributed by atoms with Crippen LogP contribution in [0.2, 0.25) is 10.0 Å². The third-order valence-corrected chi connectivity index (χ3v) is 7.27. The molecule has 1 unspecified atom stereocenters. The van der Waals surface area contributed by atoms with Crippen molar-refractivity contribution in [3.63, 3.8) is 0 Å². The second-order valence-corrected chi connectivity index (χ2v) is 10.1. The first-order valence-electron chi connectivity index (χ1n) is 12.5. The smallest absolute Gasteiger partial charge is 0.326 e. The lowest BCUT2D eigenvalue weighted by molar-refractivity contribution is -0.139. The van der Waals surface area contributed by atoms with Crippen LogP contribution < -0.4 is 5.32 Å². The highest BCUT2D eigenvalue weighted by Crippen LogP contribution is 2.25. The molecular formula is C29H30Cl2N2O4. The zero-order valence-corrected chi connectivity index (χ0v) is 22.2. The highest BCUT2D eigenvalue weighted by Gasteiger charge is 2.24. The minimum Gasteiger partial charge on any atom is -0.480 e. The van der Waals surface area contributed by atoms with Crippen molar-refractivity contribution in [2.24, 2.45) is 0 Å². The van der Waals surface area contributed by atoms with Crippen molar-refractivity contribution >= 4 is 35.1 Å². The van der Waals surface area contributed by atoms with Gasteiger partial charge in [0, 0.05) is 24.2 Å². The van der Waals surface area contributed by atoms with Crippen molar-refractivity contribution in [1.29, 1.82) is 0 Å². The van der Waals surface area contributed by atoms with E-state index in [1.807, 2.05) is 31.2 Å². The Balaban J connectivity index is 1.31. The maximum Gasteiger partial charge on any atom is 0.326 e. The zero-order valence-electron chi connectivity index (χ0n) is 20.7. The van der Waals surface area contributed by atoms with Gasteiger partial charge in [0.15, 0.2) is 0 Å². The number of carbonyl (C=O) groups excluding carboxylic acids is 1. The number of aryl methyl sites for hydroxylation is 2. The first-order valence-corrected chi connectivity index (χ1v) is 13.2. The lowest BCUT2D eigenvalue weighted by atomic mass is 9.96.